The number of carbonyl (C=O) groups excluding carboxylic acids is 1. The summed E-state index contributed by atoms with van der Waals surface area (Å²) in [5.41, 5.74) is 0. The van der Waals surface area contributed by atoms with Gasteiger partial charge in [0.05, 0.1) is 6.10 Å². The van der Waals surface area contributed by atoms with E-state index < -0.39 is 0 Å². The van der Waals surface area contributed by atoms with E-state index in [2.05, 4.69) is 31.1 Å². The second-order valence-electron chi connectivity index (χ2n) is 7.18. The molecule has 2 aliphatic heterocycles. The Morgan fingerprint density at radius 3 is 2.68 bits per heavy atom. The molecule has 0 aliphatic carbocycles. The molecule has 128 valence electrons. The van der Waals surface area contributed by atoms with Gasteiger partial charge in [-0.2, -0.15) is 0 Å². The molecule has 5 heteroatoms. The summed E-state index contributed by atoms with van der Waals surface area (Å²) in [6.07, 6.45) is 4.31. The van der Waals surface area contributed by atoms with E-state index in [1.54, 1.807) is 0 Å². The normalized spacial score (nSPS) is 27.4. The molecule has 1 N–H and O–H groups in total. The first-order valence-corrected chi connectivity index (χ1v) is 8.87. The van der Waals surface area contributed by atoms with Crippen LogP contribution in [0.4, 0.5) is 0 Å². The highest BCUT2D eigenvalue weighted by Crippen LogP contribution is 2.20. The first-order chi connectivity index (χ1) is 10.6. The van der Waals surface area contributed by atoms with Gasteiger partial charge in [0.1, 0.15) is 0 Å². The van der Waals surface area contributed by atoms with Crippen LogP contribution in [0.5, 0.6) is 0 Å². The Labute approximate surface area is 135 Å². The Morgan fingerprint density at radius 2 is 2.00 bits per heavy atom. The molecule has 0 spiro atoms. The quantitative estimate of drug-likeness (QED) is 0.804. The van der Waals surface area contributed by atoms with Crippen LogP contribution in [0.15, 0.2) is 0 Å². The van der Waals surface area contributed by atoms with Gasteiger partial charge in [-0.3, -0.25) is 4.79 Å². The van der Waals surface area contributed by atoms with Crippen LogP contribution in [0.2, 0.25) is 0 Å². The number of ether oxygens (including phenoxy) is 1. The molecule has 0 aromatic rings. The fourth-order valence-corrected chi connectivity index (χ4v) is 3.35. The number of amides is 1. The predicted octanol–water partition coefficient (Wildman–Crippen LogP) is 1.33. The zero-order chi connectivity index (χ0) is 15.9. The number of hydrogen-bond acceptors (Lipinski definition) is 4. The van der Waals surface area contributed by atoms with Gasteiger partial charge in [0, 0.05) is 51.8 Å². The minimum atomic E-state index is 0.290. The molecule has 2 aliphatic rings. The topological polar surface area (TPSA) is 44.8 Å². The van der Waals surface area contributed by atoms with E-state index in [1.165, 1.54) is 6.42 Å². The Balaban J connectivity index is 1.69. The Kier molecular flexibility index (Phi) is 7.12. The number of rotatable bonds is 6. The molecule has 2 rings (SSSR count). The average Bonchev–Trinajstić information content (AvgIpc) is 2.49. The second-order valence-corrected chi connectivity index (χ2v) is 7.18. The Morgan fingerprint density at radius 1 is 1.27 bits per heavy atom. The van der Waals surface area contributed by atoms with Crippen molar-refractivity contribution in [2.75, 3.05) is 46.4 Å². The van der Waals surface area contributed by atoms with Gasteiger partial charge in [-0.15, -0.1) is 0 Å². The molecule has 1 amide bonds. The first kappa shape index (κ1) is 17.7. The molecule has 2 saturated heterocycles. The second kappa shape index (κ2) is 8.85. The van der Waals surface area contributed by atoms with E-state index in [0.29, 0.717) is 24.5 Å². The maximum Gasteiger partial charge on any atom is 0.223 e. The molecule has 0 aromatic carbocycles. The summed E-state index contributed by atoms with van der Waals surface area (Å²) in [4.78, 5) is 16.5. The van der Waals surface area contributed by atoms with Gasteiger partial charge in [-0.05, 0) is 32.2 Å². The molecular weight excluding hydrogens is 278 g/mol. The van der Waals surface area contributed by atoms with Crippen LogP contribution < -0.4 is 5.32 Å². The molecule has 0 saturated carbocycles. The molecule has 2 unspecified atom stereocenters. The fourth-order valence-electron chi connectivity index (χ4n) is 3.35. The van der Waals surface area contributed by atoms with Gasteiger partial charge in [-0.25, -0.2) is 0 Å². The first-order valence-electron chi connectivity index (χ1n) is 8.87. The third-order valence-electron chi connectivity index (χ3n) is 4.75. The number of likely N-dealkylation sites (N-methyl/N-ethyl adjacent to an activating group) is 1. The number of carbonyl (C=O) groups is 1. The van der Waals surface area contributed by atoms with E-state index in [-0.39, 0.29) is 5.91 Å². The lowest BCUT2D eigenvalue weighted by Gasteiger charge is -2.34. The number of piperazine rings is 1. The lowest BCUT2D eigenvalue weighted by molar-refractivity contribution is -0.132. The monoisotopic (exact) mass is 311 g/mol. The molecule has 22 heavy (non-hydrogen) atoms. The SMILES string of the molecule is CC(C)CC1OCCCC1NCCC(=O)N1CCN(C)CC1. The van der Waals surface area contributed by atoms with Gasteiger partial charge in [0.2, 0.25) is 5.91 Å². The van der Waals surface area contributed by atoms with Crippen LogP contribution in [0.3, 0.4) is 0 Å². The van der Waals surface area contributed by atoms with E-state index in [4.69, 9.17) is 4.74 Å². The number of nitrogens with one attached hydrogen (secondary N) is 1. The van der Waals surface area contributed by atoms with Crippen molar-refractivity contribution in [3.8, 4) is 0 Å². The third-order valence-corrected chi connectivity index (χ3v) is 4.75. The summed E-state index contributed by atoms with van der Waals surface area (Å²) in [5, 5.41) is 3.57. The summed E-state index contributed by atoms with van der Waals surface area (Å²) in [7, 11) is 2.11. The largest absolute Gasteiger partial charge is 0.377 e. The highest BCUT2D eigenvalue weighted by Gasteiger charge is 2.26. The van der Waals surface area contributed by atoms with Crippen LogP contribution in [-0.2, 0) is 9.53 Å². The van der Waals surface area contributed by atoms with Gasteiger partial charge in [0.25, 0.3) is 0 Å². The van der Waals surface area contributed by atoms with Crippen molar-refractivity contribution >= 4 is 5.91 Å². The lowest BCUT2D eigenvalue weighted by Crippen LogP contribution is -2.49. The van der Waals surface area contributed by atoms with Crippen molar-refractivity contribution < 1.29 is 9.53 Å². The van der Waals surface area contributed by atoms with E-state index >= 15 is 0 Å². The van der Waals surface area contributed by atoms with Gasteiger partial charge < -0.3 is 19.9 Å². The van der Waals surface area contributed by atoms with Crippen molar-refractivity contribution in [1.82, 2.24) is 15.1 Å². The van der Waals surface area contributed by atoms with Crippen molar-refractivity contribution in [2.24, 2.45) is 5.92 Å². The number of hydrogen-bond donors (Lipinski definition) is 1. The third kappa shape index (κ3) is 5.52. The van der Waals surface area contributed by atoms with Crippen LogP contribution in [-0.4, -0.2) is 74.2 Å². The van der Waals surface area contributed by atoms with E-state index in [9.17, 15) is 4.79 Å². The zero-order valence-corrected chi connectivity index (χ0v) is 14.5. The molecule has 0 aromatic heterocycles. The highest BCUT2D eigenvalue weighted by molar-refractivity contribution is 5.76. The maximum absolute atomic E-state index is 12.2. The van der Waals surface area contributed by atoms with Crippen LogP contribution in [0, 0.1) is 5.92 Å². The standard InChI is InChI=1S/C17H33N3O2/c1-14(2)13-16-15(5-4-12-22-16)18-7-6-17(21)20-10-8-19(3)9-11-20/h14-16,18H,4-13H2,1-3H3. The molecule has 0 bridgehead atoms. The van der Waals surface area contributed by atoms with Crippen molar-refractivity contribution in [3.05, 3.63) is 0 Å². The smallest absolute Gasteiger partial charge is 0.223 e. The minimum absolute atomic E-state index is 0.290. The average molecular weight is 311 g/mol. The van der Waals surface area contributed by atoms with Gasteiger partial charge >= 0.3 is 0 Å². The lowest BCUT2D eigenvalue weighted by atomic mass is 9.94. The molecule has 5 nitrogen and oxygen atoms in total. The molecule has 2 atom stereocenters. The van der Waals surface area contributed by atoms with Crippen LogP contribution in [0.1, 0.15) is 39.5 Å². The van der Waals surface area contributed by atoms with Crippen molar-refractivity contribution in [3.63, 3.8) is 0 Å². The zero-order valence-electron chi connectivity index (χ0n) is 14.5. The summed E-state index contributed by atoms with van der Waals surface area (Å²) in [6, 6.07) is 0.413. The van der Waals surface area contributed by atoms with Crippen LogP contribution >= 0.6 is 0 Å². The highest BCUT2D eigenvalue weighted by atomic mass is 16.5. The number of nitrogens with zero attached hydrogens (tertiary/aromatic N) is 2. The molecule has 0 radical (unpaired) electrons. The van der Waals surface area contributed by atoms with Gasteiger partial charge in [0.15, 0.2) is 0 Å². The van der Waals surface area contributed by atoms with E-state index in [0.717, 1.165) is 52.2 Å². The summed E-state index contributed by atoms with van der Waals surface area (Å²) >= 11 is 0. The van der Waals surface area contributed by atoms with Gasteiger partial charge in [-0.1, -0.05) is 13.8 Å². The summed E-state index contributed by atoms with van der Waals surface area (Å²) in [6.45, 7) is 9.87. The Hall–Kier alpha value is -0.650. The summed E-state index contributed by atoms with van der Waals surface area (Å²) in [5.74, 6) is 0.942. The molecule has 2 heterocycles. The molecule has 2 fully saturated rings. The summed E-state index contributed by atoms with van der Waals surface area (Å²) < 4.78 is 5.92. The van der Waals surface area contributed by atoms with Crippen molar-refractivity contribution in [1.29, 1.82) is 0 Å². The van der Waals surface area contributed by atoms with Crippen molar-refractivity contribution in [2.45, 2.75) is 51.7 Å². The predicted molar refractivity (Wildman–Crippen MR) is 88.9 cm³/mol. The fraction of sp³-hybridized carbons (Fsp3) is 0.941. The molecular formula is C17H33N3O2. The van der Waals surface area contributed by atoms with Crippen LogP contribution in [0.25, 0.3) is 0 Å². The Bertz CT molecular complexity index is 341. The maximum atomic E-state index is 12.2. The van der Waals surface area contributed by atoms with E-state index in [1.807, 2.05) is 4.90 Å². The minimum Gasteiger partial charge on any atom is -0.377 e.